The maximum Gasteiger partial charge on any atom is 0.0509 e. The van der Waals surface area contributed by atoms with Gasteiger partial charge >= 0.3 is 0 Å². The zero-order chi connectivity index (χ0) is 13.7. The average Bonchev–Trinajstić information content (AvgIpc) is 2.38. The van der Waals surface area contributed by atoms with Crippen molar-refractivity contribution in [3.05, 3.63) is 34.9 Å². The van der Waals surface area contributed by atoms with E-state index in [2.05, 4.69) is 44.3 Å². The van der Waals surface area contributed by atoms with Gasteiger partial charge in [0.2, 0.25) is 0 Å². The van der Waals surface area contributed by atoms with E-state index in [-0.39, 0.29) is 0 Å². The lowest BCUT2D eigenvalue weighted by atomic mass is 9.88. The predicted octanol–water partition coefficient (Wildman–Crippen LogP) is 3.25. The van der Waals surface area contributed by atoms with Crippen LogP contribution in [0.2, 0.25) is 0 Å². The van der Waals surface area contributed by atoms with Gasteiger partial charge in [0.1, 0.15) is 0 Å². The van der Waals surface area contributed by atoms with Crippen molar-refractivity contribution in [2.45, 2.75) is 46.1 Å². The lowest BCUT2D eigenvalue weighted by Gasteiger charge is -2.31. The van der Waals surface area contributed by atoms with Crippen molar-refractivity contribution in [2.24, 2.45) is 5.92 Å². The van der Waals surface area contributed by atoms with E-state index in [1.807, 2.05) is 0 Å². The van der Waals surface area contributed by atoms with E-state index in [4.69, 9.17) is 4.74 Å². The van der Waals surface area contributed by atoms with Crippen molar-refractivity contribution in [1.82, 2.24) is 5.32 Å². The zero-order valence-corrected chi connectivity index (χ0v) is 12.5. The SMILES string of the molecule is CCNC(Cc1cc(C)cc(C)c1)C1CCCOC1. The fourth-order valence-electron chi connectivity index (χ4n) is 3.19. The van der Waals surface area contributed by atoms with Gasteiger partial charge in [0.05, 0.1) is 6.61 Å². The molecule has 0 saturated carbocycles. The normalized spacial score (nSPS) is 21.3. The number of hydrogen-bond donors (Lipinski definition) is 1. The summed E-state index contributed by atoms with van der Waals surface area (Å²) in [6.45, 7) is 9.45. The van der Waals surface area contributed by atoms with Crippen LogP contribution in [0.3, 0.4) is 0 Å². The highest BCUT2D eigenvalue weighted by Crippen LogP contribution is 2.21. The highest BCUT2D eigenvalue weighted by Gasteiger charge is 2.23. The lowest BCUT2D eigenvalue weighted by molar-refractivity contribution is 0.0396. The summed E-state index contributed by atoms with van der Waals surface area (Å²) in [6.07, 6.45) is 3.62. The molecule has 19 heavy (non-hydrogen) atoms. The molecule has 0 radical (unpaired) electrons. The van der Waals surface area contributed by atoms with E-state index in [1.165, 1.54) is 29.5 Å². The molecule has 1 aliphatic rings. The lowest BCUT2D eigenvalue weighted by Crippen LogP contribution is -2.41. The molecule has 1 aromatic rings. The number of likely N-dealkylation sites (N-methyl/N-ethyl adjacent to an activating group) is 1. The van der Waals surface area contributed by atoms with Crippen molar-refractivity contribution < 1.29 is 4.74 Å². The topological polar surface area (TPSA) is 21.3 Å². The van der Waals surface area contributed by atoms with E-state index >= 15 is 0 Å². The molecule has 2 heteroatoms. The molecule has 1 aromatic carbocycles. The van der Waals surface area contributed by atoms with Crippen molar-refractivity contribution in [2.75, 3.05) is 19.8 Å². The third kappa shape index (κ3) is 4.32. The predicted molar refractivity (Wildman–Crippen MR) is 80.6 cm³/mol. The minimum absolute atomic E-state index is 0.548. The molecule has 106 valence electrons. The monoisotopic (exact) mass is 261 g/mol. The first-order chi connectivity index (χ1) is 9.19. The summed E-state index contributed by atoms with van der Waals surface area (Å²) < 4.78 is 5.65. The Bertz CT molecular complexity index is 376. The summed E-state index contributed by atoms with van der Waals surface area (Å²) in [4.78, 5) is 0. The minimum atomic E-state index is 0.548. The molecule has 0 bridgehead atoms. The Morgan fingerprint density at radius 2 is 2.00 bits per heavy atom. The van der Waals surface area contributed by atoms with Gasteiger partial charge in [-0.05, 0) is 51.1 Å². The molecule has 1 aliphatic heterocycles. The molecular weight excluding hydrogens is 234 g/mol. The first-order valence-electron chi connectivity index (χ1n) is 7.57. The molecule has 1 N–H and O–H groups in total. The number of rotatable bonds is 5. The Balaban J connectivity index is 2.06. The fourth-order valence-corrected chi connectivity index (χ4v) is 3.19. The van der Waals surface area contributed by atoms with Crippen molar-refractivity contribution in [3.8, 4) is 0 Å². The number of aryl methyl sites for hydroxylation is 2. The maximum atomic E-state index is 5.65. The molecule has 1 saturated heterocycles. The number of benzene rings is 1. The zero-order valence-electron chi connectivity index (χ0n) is 12.5. The van der Waals surface area contributed by atoms with Crippen LogP contribution in [0.1, 0.15) is 36.5 Å². The molecule has 0 amide bonds. The van der Waals surface area contributed by atoms with Crippen LogP contribution >= 0.6 is 0 Å². The Labute approximate surface area is 117 Å². The highest BCUT2D eigenvalue weighted by atomic mass is 16.5. The van der Waals surface area contributed by atoms with Gasteiger partial charge in [-0.15, -0.1) is 0 Å². The second kappa shape index (κ2) is 7.06. The molecule has 1 fully saturated rings. The van der Waals surface area contributed by atoms with Crippen LogP contribution in [0.15, 0.2) is 18.2 Å². The van der Waals surface area contributed by atoms with Crippen LogP contribution in [-0.4, -0.2) is 25.8 Å². The molecule has 0 aromatic heterocycles. The largest absolute Gasteiger partial charge is 0.381 e. The van der Waals surface area contributed by atoms with Crippen LogP contribution in [-0.2, 0) is 11.2 Å². The molecular formula is C17H27NO. The summed E-state index contributed by atoms with van der Waals surface area (Å²) in [5, 5.41) is 3.66. The standard InChI is InChI=1S/C17H27NO/c1-4-18-17(16-6-5-7-19-12-16)11-15-9-13(2)8-14(3)10-15/h8-10,16-18H,4-7,11-12H2,1-3H3. The third-order valence-corrected chi connectivity index (χ3v) is 3.97. The minimum Gasteiger partial charge on any atom is -0.381 e. The van der Waals surface area contributed by atoms with E-state index in [1.54, 1.807) is 0 Å². The molecule has 2 unspecified atom stereocenters. The van der Waals surface area contributed by atoms with E-state index in [0.29, 0.717) is 12.0 Å². The number of ether oxygens (including phenoxy) is 1. The summed E-state index contributed by atoms with van der Waals surface area (Å²) >= 11 is 0. The maximum absolute atomic E-state index is 5.65. The Kier molecular flexibility index (Phi) is 5.41. The number of hydrogen-bond acceptors (Lipinski definition) is 2. The van der Waals surface area contributed by atoms with Gasteiger partial charge in [-0.3, -0.25) is 0 Å². The van der Waals surface area contributed by atoms with Crippen LogP contribution in [0.4, 0.5) is 0 Å². The molecule has 1 heterocycles. The molecule has 0 spiro atoms. The molecule has 2 nitrogen and oxygen atoms in total. The average molecular weight is 261 g/mol. The smallest absolute Gasteiger partial charge is 0.0509 e. The third-order valence-electron chi connectivity index (χ3n) is 3.97. The fraction of sp³-hybridized carbons (Fsp3) is 0.647. The van der Waals surface area contributed by atoms with E-state index in [0.717, 1.165) is 26.2 Å². The summed E-state index contributed by atoms with van der Waals surface area (Å²) in [5.74, 6) is 0.662. The number of nitrogens with one attached hydrogen (secondary N) is 1. The van der Waals surface area contributed by atoms with Gasteiger partial charge in [0.25, 0.3) is 0 Å². The van der Waals surface area contributed by atoms with Crippen LogP contribution in [0.5, 0.6) is 0 Å². The molecule has 0 aliphatic carbocycles. The Morgan fingerprint density at radius 3 is 2.58 bits per heavy atom. The summed E-state index contributed by atoms with van der Waals surface area (Å²) in [5.41, 5.74) is 4.18. The van der Waals surface area contributed by atoms with Crippen LogP contribution in [0, 0.1) is 19.8 Å². The van der Waals surface area contributed by atoms with E-state index < -0.39 is 0 Å². The van der Waals surface area contributed by atoms with Crippen LogP contribution < -0.4 is 5.32 Å². The Hall–Kier alpha value is -0.860. The summed E-state index contributed by atoms with van der Waals surface area (Å²) in [7, 11) is 0. The van der Waals surface area contributed by atoms with Crippen molar-refractivity contribution in [3.63, 3.8) is 0 Å². The van der Waals surface area contributed by atoms with Gasteiger partial charge in [-0.25, -0.2) is 0 Å². The van der Waals surface area contributed by atoms with Gasteiger partial charge in [0, 0.05) is 12.6 Å². The summed E-state index contributed by atoms with van der Waals surface area (Å²) in [6, 6.07) is 7.43. The first kappa shape index (κ1) is 14.5. The quantitative estimate of drug-likeness (QED) is 0.878. The second-order valence-corrected chi connectivity index (χ2v) is 5.84. The molecule has 2 atom stereocenters. The Morgan fingerprint density at radius 1 is 1.26 bits per heavy atom. The van der Waals surface area contributed by atoms with Crippen LogP contribution in [0.25, 0.3) is 0 Å². The van der Waals surface area contributed by atoms with Gasteiger partial charge in [0.15, 0.2) is 0 Å². The molecule has 2 rings (SSSR count). The second-order valence-electron chi connectivity index (χ2n) is 5.84. The highest BCUT2D eigenvalue weighted by molar-refractivity contribution is 5.29. The van der Waals surface area contributed by atoms with E-state index in [9.17, 15) is 0 Å². The van der Waals surface area contributed by atoms with Gasteiger partial charge < -0.3 is 10.1 Å². The first-order valence-corrected chi connectivity index (χ1v) is 7.57. The van der Waals surface area contributed by atoms with Crippen molar-refractivity contribution >= 4 is 0 Å². The van der Waals surface area contributed by atoms with Gasteiger partial charge in [-0.1, -0.05) is 36.2 Å². The van der Waals surface area contributed by atoms with Gasteiger partial charge in [-0.2, -0.15) is 0 Å². The van der Waals surface area contributed by atoms with Crippen molar-refractivity contribution in [1.29, 1.82) is 0 Å².